The third-order valence-corrected chi connectivity index (χ3v) is 22.3. The molecule has 8 heteroatoms. The Hall–Kier alpha value is -15.4. The minimum absolute atomic E-state index is 0.933. The number of rotatable bonds is 14. The lowest BCUT2D eigenvalue weighted by atomic mass is 10.0. The van der Waals surface area contributed by atoms with E-state index in [4.69, 9.17) is 9.97 Å². The van der Waals surface area contributed by atoms with Crippen molar-refractivity contribution in [3.63, 3.8) is 0 Å². The summed E-state index contributed by atoms with van der Waals surface area (Å²) in [6.45, 7) is 0. The summed E-state index contributed by atoms with van der Waals surface area (Å²) in [6.07, 6.45) is 4.02. The lowest BCUT2D eigenvalue weighted by molar-refractivity contribution is 1.17. The van der Waals surface area contributed by atoms with Crippen molar-refractivity contribution < 1.29 is 0 Å². The molecule has 0 atom stereocenters. The molecule has 0 radical (unpaired) electrons. The van der Waals surface area contributed by atoms with Crippen LogP contribution in [0.5, 0.6) is 0 Å². The quantitative estimate of drug-likeness (QED) is 0.109. The number of hydrogen-bond donors (Lipinski definition) is 0. The van der Waals surface area contributed by atoms with Crippen LogP contribution in [-0.2, 0) is 0 Å². The molecule has 22 aromatic rings. The van der Waals surface area contributed by atoms with Crippen LogP contribution in [0, 0.1) is 0 Å². The molecule has 0 unspecified atom stereocenters. The standard InChI is InChI=1S/2C53H36N4/c1-4-15-37(16-5-1)38-27-29-41(30-28-38)55(39-17-6-2-7-18-39)42-31-33-43(34-32-42)57-51-26-13-10-21-44(51)46-23-14-24-47(53(46)57)49-35-52-48(36-54-49)45-22-11-12-25-50(45)56(52)40-19-8-3-9-20-40;1-4-17-39(18-5-1)55(40-19-6-2-7-20-40)42-32-30-37(31-33-42)38-16-14-23-43(36-38)57-49-28-12-10-24-44(49)45-26-15-27-46(52(45)57)47-34-35-54-51-48-25-11-13-29-50(48)56(53(47)51)41-21-8-3-9-22-41/h2*1-36H. The lowest BCUT2D eigenvalue weighted by Gasteiger charge is -2.26. The average molecular weight is 1460 g/mol. The second-order valence-corrected chi connectivity index (χ2v) is 28.8. The Balaban J connectivity index is 0.000000143. The highest BCUT2D eigenvalue weighted by atomic mass is 15.1. The number of fused-ring (bicyclic) bond motifs is 12. The third kappa shape index (κ3) is 11.6. The molecular weight excluding hydrogens is 1390 g/mol. The molecule has 0 bridgehead atoms. The van der Waals surface area contributed by atoms with Crippen molar-refractivity contribution in [2.45, 2.75) is 0 Å². The van der Waals surface area contributed by atoms with E-state index in [-0.39, 0.29) is 0 Å². The summed E-state index contributed by atoms with van der Waals surface area (Å²) in [5, 5.41) is 8.32. The van der Waals surface area contributed by atoms with Crippen LogP contribution in [-0.4, -0.2) is 28.2 Å². The van der Waals surface area contributed by atoms with Gasteiger partial charge in [0.25, 0.3) is 0 Å². The maximum atomic E-state index is 5.19. The van der Waals surface area contributed by atoms with E-state index in [0.717, 1.165) is 134 Å². The van der Waals surface area contributed by atoms with Crippen LogP contribution in [0.1, 0.15) is 0 Å². The summed E-state index contributed by atoms with van der Waals surface area (Å²) < 4.78 is 9.59. The predicted octanol–water partition coefficient (Wildman–Crippen LogP) is 28.2. The second-order valence-electron chi connectivity index (χ2n) is 28.8. The summed E-state index contributed by atoms with van der Waals surface area (Å²) in [4.78, 5) is 14.8. The zero-order valence-corrected chi connectivity index (χ0v) is 62.1. The molecule has 8 nitrogen and oxygen atoms in total. The molecule has 6 heterocycles. The highest BCUT2D eigenvalue weighted by Crippen LogP contribution is 2.46. The van der Waals surface area contributed by atoms with E-state index in [1.54, 1.807) is 0 Å². The maximum absolute atomic E-state index is 5.19. The Morgan fingerprint density at radius 1 is 0.193 bits per heavy atom. The number of pyridine rings is 2. The molecule has 0 saturated carbocycles. The normalized spacial score (nSPS) is 11.5. The molecule has 6 aromatic heterocycles. The molecule has 16 aromatic carbocycles. The smallest absolute Gasteiger partial charge is 0.0969 e. The van der Waals surface area contributed by atoms with Crippen molar-refractivity contribution in [2.24, 2.45) is 0 Å². The molecule has 22 rings (SSSR count). The highest BCUT2D eigenvalue weighted by Gasteiger charge is 2.25. The Bertz CT molecular complexity index is 7260. The number of nitrogens with zero attached hydrogens (tertiary/aromatic N) is 8. The minimum Gasteiger partial charge on any atom is -0.311 e. The minimum atomic E-state index is 0.933. The van der Waals surface area contributed by atoms with Gasteiger partial charge in [0.15, 0.2) is 0 Å². The number of aromatic nitrogens is 6. The van der Waals surface area contributed by atoms with Crippen LogP contribution in [0.2, 0.25) is 0 Å². The average Bonchev–Trinajstić information content (AvgIpc) is 1.57. The predicted molar refractivity (Wildman–Crippen MR) is 477 cm³/mol. The van der Waals surface area contributed by atoms with E-state index in [9.17, 15) is 0 Å². The molecular formula is C106H72N8. The van der Waals surface area contributed by atoms with E-state index in [2.05, 4.69) is 459 Å². The van der Waals surface area contributed by atoms with Gasteiger partial charge in [0, 0.05) is 124 Å². The van der Waals surface area contributed by atoms with Crippen LogP contribution in [0.25, 0.3) is 155 Å². The maximum Gasteiger partial charge on any atom is 0.0969 e. The van der Waals surface area contributed by atoms with E-state index in [1.165, 1.54) is 54.6 Å². The number of benzene rings is 16. The van der Waals surface area contributed by atoms with E-state index < -0.39 is 0 Å². The number of hydrogen-bond acceptors (Lipinski definition) is 4. The van der Waals surface area contributed by atoms with E-state index in [0.29, 0.717) is 0 Å². The summed E-state index contributed by atoms with van der Waals surface area (Å²) in [5.41, 5.74) is 30.3. The molecule has 0 spiro atoms. The van der Waals surface area contributed by atoms with E-state index >= 15 is 0 Å². The first kappa shape index (κ1) is 66.8. The SMILES string of the molecule is c1ccc(-c2ccc(N(c3ccccc3)c3ccc(-n4c5ccccc5c5cccc(-c6cc7c(cn6)c6ccccc6n7-c6ccccc6)c54)cc3)cc2)cc1.c1ccc(N(c2ccccc2)c2ccc(-c3cccc(-n4c5ccccc5c5cccc(-c6ccnc7c8ccccc8n(-c8ccccc8)c67)c54)c3)cc2)cc1. The monoisotopic (exact) mass is 1460 g/mol. The molecule has 0 fully saturated rings. The largest absolute Gasteiger partial charge is 0.311 e. The number of anilines is 6. The van der Waals surface area contributed by atoms with Crippen molar-refractivity contribution in [1.82, 2.24) is 28.2 Å². The zero-order chi connectivity index (χ0) is 75.4. The van der Waals surface area contributed by atoms with Crippen LogP contribution in [0.4, 0.5) is 34.1 Å². The first-order valence-electron chi connectivity index (χ1n) is 38.8. The Morgan fingerprint density at radius 2 is 0.535 bits per heavy atom. The van der Waals surface area contributed by atoms with Crippen molar-refractivity contribution in [2.75, 3.05) is 9.80 Å². The molecule has 0 saturated heterocycles. The van der Waals surface area contributed by atoms with Crippen molar-refractivity contribution in [3.05, 3.63) is 437 Å². The Labute approximate surface area is 659 Å². The van der Waals surface area contributed by atoms with Crippen LogP contribution < -0.4 is 9.80 Å². The second kappa shape index (κ2) is 28.6. The first-order chi connectivity index (χ1) is 56.6. The fourth-order valence-electron chi connectivity index (χ4n) is 17.2. The lowest BCUT2D eigenvalue weighted by Crippen LogP contribution is -2.10. The fourth-order valence-corrected chi connectivity index (χ4v) is 17.2. The van der Waals surface area contributed by atoms with Crippen molar-refractivity contribution in [3.8, 4) is 67.4 Å². The van der Waals surface area contributed by atoms with Crippen molar-refractivity contribution >= 4 is 121 Å². The van der Waals surface area contributed by atoms with Gasteiger partial charge in [-0.2, -0.15) is 0 Å². The van der Waals surface area contributed by atoms with Crippen LogP contribution in [0.3, 0.4) is 0 Å². The van der Waals surface area contributed by atoms with Gasteiger partial charge in [-0.25, -0.2) is 0 Å². The topological polar surface area (TPSA) is 52.0 Å². The van der Waals surface area contributed by atoms with Crippen molar-refractivity contribution in [1.29, 1.82) is 0 Å². The molecule has 536 valence electrons. The molecule has 0 aliphatic rings. The van der Waals surface area contributed by atoms with Gasteiger partial charge in [0.2, 0.25) is 0 Å². The summed E-state index contributed by atoms with van der Waals surface area (Å²) in [6, 6.07) is 152. The van der Waals surface area contributed by atoms with Gasteiger partial charge in [0.05, 0.1) is 55.3 Å². The van der Waals surface area contributed by atoms with E-state index in [1.807, 2.05) is 6.20 Å². The van der Waals surface area contributed by atoms with Crippen LogP contribution in [0.15, 0.2) is 437 Å². The van der Waals surface area contributed by atoms with Gasteiger partial charge in [0.1, 0.15) is 0 Å². The fraction of sp³-hybridized carbons (Fsp3) is 0. The highest BCUT2D eigenvalue weighted by molar-refractivity contribution is 6.19. The molecule has 0 N–H and O–H groups in total. The molecule has 114 heavy (non-hydrogen) atoms. The summed E-state index contributed by atoms with van der Waals surface area (Å²) in [5.74, 6) is 0. The van der Waals surface area contributed by atoms with Gasteiger partial charge >= 0.3 is 0 Å². The first-order valence-corrected chi connectivity index (χ1v) is 38.8. The van der Waals surface area contributed by atoms with Gasteiger partial charge in [-0.15, -0.1) is 0 Å². The third-order valence-electron chi connectivity index (χ3n) is 22.3. The molecule has 0 amide bonds. The Morgan fingerprint density at radius 3 is 1.08 bits per heavy atom. The van der Waals surface area contributed by atoms with Gasteiger partial charge in [-0.1, -0.05) is 267 Å². The molecule has 0 aliphatic heterocycles. The summed E-state index contributed by atoms with van der Waals surface area (Å²) in [7, 11) is 0. The van der Waals surface area contributed by atoms with Gasteiger partial charge in [-0.3, -0.25) is 9.97 Å². The van der Waals surface area contributed by atoms with Gasteiger partial charge in [-0.05, 0) is 180 Å². The number of para-hydroxylation sites is 11. The zero-order valence-electron chi connectivity index (χ0n) is 62.1. The van der Waals surface area contributed by atoms with Gasteiger partial charge < -0.3 is 28.1 Å². The molecule has 0 aliphatic carbocycles. The summed E-state index contributed by atoms with van der Waals surface area (Å²) >= 11 is 0. The van der Waals surface area contributed by atoms with Crippen LogP contribution >= 0.6 is 0 Å². The Kier molecular flexibility index (Phi) is 16.7.